The van der Waals surface area contributed by atoms with Crippen molar-refractivity contribution in [2.75, 3.05) is 49.2 Å². The Morgan fingerprint density at radius 2 is 1.84 bits per heavy atom. The fraction of sp³-hybridized carbons (Fsp3) is 0.424. The van der Waals surface area contributed by atoms with E-state index in [1.165, 1.54) is 6.20 Å². The van der Waals surface area contributed by atoms with E-state index in [1.54, 1.807) is 12.1 Å². The van der Waals surface area contributed by atoms with Gasteiger partial charge in [-0.25, -0.2) is 0 Å². The highest BCUT2D eigenvalue weighted by molar-refractivity contribution is 5.83. The van der Waals surface area contributed by atoms with Gasteiger partial charge in [-0.3, -0.25) is 19.7 Å². The predicted molar refractivity (Wildman–Crippen MR) is 166 cm³/mol. The van der Waals surface area contributed by atoms with Crippen LogP contribution in [0.15, 0.2) is 65.8 Å². The van der Waals surface area contributed by atoms with Crippen LogP contribution in [0.5, 0.6) is 0 Å². The molecule has 2 atom stereocenters. The smallest absolute Gasteiger partial charge is 0.194 e. The van der Waals surface area contributed by atoms with Crippen molar-refractivity contribution in [3.63, 3.8) is 0 Å². The third-order valence-corrected chi connectivity index (χ3v) is 8.62. The Bertz CT molecular complexity index is 1630. The molecule has 1 aromatic carbocycles. The van der Waals surface area contributed by atoms with Gasteiger partial charge in [0.2, 0.25) is 0 Å². The number of fused-ring (bicyclic) bond motifs is 1. The summed E-state index contributed by atoms with van der Waals surface area (Å²) < 4.78 is 21.2. The van der Waals surface area contributed by atoms with Crippen LogP contribution >= 0.6 is 0 Å². The van der Waals surface area contributed by atoms with Crippen LogP contribution in [0.3, 0.4) is 0 Å². The highest BCUT2D eigenvalue weighted by Crippen LogP contribution is 2.27. The van der Waals surface area contributed by atoms with E-state index in [1.807, 2.05) is 44.4 Å². The van der Waals surface area contributed by atoms with E-state index >= 15 is 4.48 Å². The first-order valence-corrected chi connectivity index (χ1v) is 15.0. The monoisotopic (exact) mass is 586 g/mol. The lowest BCUT2D eigenvalue weighted by Crippen LogP contribution is -2.48. The standard InChI is InChI=1S/C33H39FN6O3/c1-23-5-6-28(16-36-23)37-11-3-4-29(20-37)39(17-25-9-10-35-24(2)14-25)18-26-19-40(34)32-15-27(7-8-31(32)33(26)42)38-12-13-43-30(21-38)22-41/h5-10,14-16,19,29-30,41H,3-4,11-13,17-18,20-22H2,1-2H3/t29-,30+/m0/s1. The first kappa shape index (κ1) is 29.2. The number of hydrogen-bond acceptors (Lipinski definition) is 8. The van der Waals surface area contributed by atoms with Crippen LogP contribution in [0.4, 0.5) is 15.9 Å². The molecule has 2 aliphatic rings. The number of aryl methyl sites for hydroxylation is 2. The number of aromatic nitrogens is 3. The van der Waals surface area contributed by atoms with E-state index < -0.39 is 0 Å². The predicted octanol–water partition coefficient (Wildman–Crippen LogP) is 4.01. The average molecular weight is 587 g/mol. The normalized spacial score (nSPS) is 19.4. The largest absolute Gasteiger partial charge is 0.394 e. The molecule has 3 aromatic heterocycles. The summed E-state index contributed by atoms with van der Waals surface area (Å²) in [6.45, 7) is 8.21. The van der Waals surface area contributed by atoms with Crippen molar-refractivity contribution in [3.8, 4) is 0 Å². The van der Waals surface area contributed by atoms with E-state index in [-0.39, 0.29) is 29.7 Å². The Morgan fingerprint density at radius 1 is 1.00 bits per heavy atom. The highest BCUT2D eigenvalue weighted by atomic mass is 19.2. The number of nitrogens with zero attached hydrogens (tertiary/aromatic N) is 6. The third kappa shape index (κ3) is 6.56. The van der Waals surface area contributed by atoms with Crippen LogP contribution in [0.25, 0.3) is 10.9 Å². The summed E-state index contributed by atoms with van der Waals surface area (Å²) in [4.78, 5) is 30.0. The van der Waals surface area contributed by atoms with Gasteiger partial charge in [-0.05, 0) is 74.7 Å². The molecule has 10 heteroatoms. The number of aliphatic hydroxyl groups is 1. The minimum Gasteiger partial charge on any atom is -0.394 e. The molecule has 2 fully saturated rings. The molecule has 2 aliphatic heterocycles. The van der Waals surface area contributed by atoms with Crippen molar-refractivity contribution >= 4 is 22.3 Å². The molecule has 0 aliphatic carbocycles. The van der Waals surface area contributed by atoms with Gasteiger partial charge in [-0.2, -0.15) is 4.79 Å². The minimum atomic E-state index is -0.285. The topological polar surface area (TPSA) is 87.0 Å². The molecule has 1 N–H and O–H groups in total. The van der Waals surface area contributed by atoms with Gasteiger partial charge in [0, 0.05) is 85.7 Å². The average Bonchev–Trinajstić information content (AvgIpc) is 3.03. The molecule has 0 amide bonds. The molecule has 9 nitrogen and oxygen atoms in total. The first-order valence-electron chi connectivity index (χ1n) is 15.0. The van der Waals surface area contributed by atoms with Crippen molar-refractivity contribution in [1.29, 1.82) is 0 Å². The molecule has 4 aromatic rings. The summed E-state index contributed by atoms with van der Waals surface area (Å²) in [5.74, 6) is 0. The Balaban J connectivity index is 1.30. The van der Waals surface area contributed by atoms with Gasteiger partial charge in [-0.1, -0.05) is 4.48 Å². The second-order valence-electron chi connectivity index (χ2n) is 11.7. The first-order chi connectivity index (χ1) is 20.9. The number of hydrogen-bond donors (Lipinski definition) is 1. The van der Waals surface area contributed by atoms with Crippen molar-refractivity contribution in [2.24, 2.45) is 0 Å². The summed E-state index contributed by atoms with van der Waals surface area (Å²) in [7, 11) is 0. The van der Waals surface area contributed by atoms with Gasteiger partial charge >= 0.3 is 0 Å². The van der Waals surface area contributed by atoms with Gasteiger partial charge < -0.3 is 19.6 Å². The molecule has 6 rings (SSSR count). The Morgan fingerprint density at radius 3 is 2.63 bits per heavy atom. The number of ether oxygens (including phenoxy) is 1. The fourth-order valence-corrected chi connectivity index (χ4v) is 6.30. The third-order valence-electron chi connectivity index (χ3n) is 8.62. The van der Waals surface area contributed by atoms with Crippen LogP contribution in [0, 0.1) is 13.8 Å². The maximum Gasteiger partial charge on any atom is 0.194 e. The lowest BCUT2D eigenvalue weighted by Gasteiger charge is -2.40. The van der Waals surface area contributed by atoms with Gasteiger partial charge in [0.25, 0.3) is 0 Å². The molecule has 2 saturated heterocycles. The Labute approximate surface area is 251 Å². The summed E-state index contributed by atoms with van der Waals surface area (Å²) in [6, 6.07) is 13.7. The number of aliphatic hydroxyl groups excluding tert-OH is 1. The molecule has 43 heavy (non-hydrogen) atoms. The number of benzene rings is 1. The van der Waals surface area contributed by atoms with E-state index in [9.17, 15) is 9.90 Å². The molecule has 0 bridgehead atoms. The van der Waals surface area contributed by atoms with Crippen molar-refractivity contribution in [3.05, 3.63) is 93.8 Å². The van der Waals surface area contributed by atoms with Crippen LogP contribution in [0.1, 0.15) is 35.4 Å². The van der Waals surface area contributed by atoms with Gasteiger partial charge in [0.05, 0.1) is 36.7 Å². The Kier molecular flexibility index (Phi) is 8.69. The number of anilines is 2. The lowest BCUT2D eigenvalue weighted by molar-refractivity contribution is 0.00357. The fourth-order valence-electron chi connectivity index (χ4n) is 6.30. The molecular weight excluding hydrogens is 547 g/mol. The van der Waals surface area contributed by atoms with Crippen LogP contribution in [-0.4, -0.2) is 76.3 Å². The number of pyridine rings is 3. The van der Waals surface area contributed by atoms with E-state index in [0.717, 1.165) is 54.3 Å². The molecule has 0 unspecified atom stereocenters. The molecule has 0 saturated carbocycles. The minimum absolute atomic E-state index is 0.0719. The number of morpholine rings is 1. The molecule has 0 radical (unpaired) electrons. The van der Waals surface area contributed by atoms with E-state index in [0.29, 0.717) is 48.5 Å². The number of halogens is 1. The van der Waals surface area contributed by atoms with Crippen LogP contribution < -0.4 is 15.2 Å². The number of piperidine rings is 1. The van der Waals surface area contributed by atoms with Gasteiger partial charge in [0.1, 0.15) is 0 Å². The van der Waals surface area contributed by atoms with Crippen molar-refractivity contribution in [1.82, 2.24) is 19.7 Å². The second-order valence-corrected chi connectivity index (χ2v) is 11.7. The summed E-state index contributed by atoms with van der Waals surface area (Å²) in [6.07, 6.45) is 6.79. The zero-order chi connectivity index (χ0) is 29.9. The second kappa shape index (κ2) is 12.8. The molecule has 0 spiro atoms. The molecule has 226 valence electrons. The van der Waals surface area contributed by atoms with Gasteiger partial charge in [0.15, 0.2) is 5.43 Å². The van der Waals surface area contributed by atoms with E-state index in [4.69, 9.17) is 4.74 Å². The quantitative estimate of drug-likeness (QED) is 0.332. The maximum absolute atomic E-state index is 15.7. The van der Waals surface area contributed by atoms with Crippen LogP contribution in [0.2, 0.25) is 0 Å². The molecular formula is C33H39FN6O3. The zero-order valence-electron chi connectivity index (χ0n) is 24.8. The van der Waals surface area contributed by atoms with Crippen molar-refractivity contribution < 1.29 is 14.3 Å². The zero-order valence-corrected chi connectivity index (χ0v) is 24.8. The van der Waals surface area contributed by atoms with Crippen molar-refractivity contribution in [2.45, 2.75) is 51.9 Å². The molecule has 5 heterocycles. The number of rotatable bonds is 8. The highest BCUT2D eigenvalue weighted by Gasteiger charge is 2.28. The Hall–Kier alpha value is -3.86. The maximum atomic E-state index is 15.7. The SMILES string of the molecule is Cc1ccc(N2CCC[C@H](N(Cc3ccnc(C)c3)Cc3cn(F)c4cc(N5CCO[C@@H](CO)C5)ccc4c3=O)C2)cn1. The summed E-state index contributed by atoms with van der Waals surface area (Å²) >= 11 is 0. The van der Waals surface area contributed by atoms with Gasteiger partial charge in [-0.15, -0.1) is 0 Å². The van der Waals surface area contributed by atoms with E-state index in [2.05, 4.69) is 36.8 Å². The summed E-state index contributed by atoms with van der Waals surface area (Å²) in [5.41, 5.74) is 5.43. The summed E-state index contributed by atoms with van der Waals surface area (Å²) in [5, 5.41) is 9.88. The van der Waals surface area contributed by atoms with Crippen LogP contribution in [-0.2, 0) is 17.8 Å². The lowest BCUT2D eigenvalue weighted by atomic mass is 10.0.